The molecule has 0 spiro atoms. The Balaban J connectivity index is 1.88. The van der Waals surface area contributed by atoms with Gasteiger partial charge in [0.05, 0.1) is 12.3 Å². The van der Waals surface area contributed by atoms with Crippen LogP contribution in [0.3, 0.4) is 0 Å². The Hall–Kier alpha value is -4.35. The molecular weight excluding hydrogens is 470 g/mol. The van der Waals surface area contributed by atoms with Crippen LogP contribution in [0.2, 0.25) is 0 Å². The molecule has 1 N–H and O–H groups in total. The zero-order chi connectivity index (χ0) is 25.5. The quantitative estimate of drug-likeness (QED) is 0.141. The number of ether oxygens (including phenoxy) is 1. The standard InChI is InChI=1S/C28H25N5O2S/c1-4-35-27(34)23(18-29)25(20-10-6-5-7-11-20)30-24-13-9-8-12-22(24)26-31-32-28(36-3)33(26)21-16-14-19(2)15-17-21/h5-17,30H,4H2,1-3H3/b25-23+. The molecule has 0 saturated heterocycles. The molecule has 7 nitrogen and oxygen atoms in total. The van der Waals surface area contributed by atoms with Gasteiger partial charge < -0.3 is 10.1 Å². The molecule has 180 valence electrons. The number of para-hydroxylation sites is 1. The zero-order valence-electron chi connectivity index (χ0n) is 20.2. The maximum Gasteiger partial charge on any atom is 0.351 e. The summed E-state index contributed by atoms with van der Waals surface area (Å²) < 4.78 is 7.16. The summed E-state index contributed by atoms with van der Waals surface area (Å²) in [5.41, 5.74) is 4.45. The lowest BCUT2D eigenvalue weighted by atomic mass is 10.0. The van der Waals surface area contributed by atoms with Gasteiger partial charge in [-0.15, -0.1) is 10.2 Å². The first-order valence-corrected chi connectivity index (χ1v) is 12.6. The minimum atomic E-state index is -0.684. The summed E-state index contributed by atoms with van der Waals surface area (Å²) in [6, 6.07) is 27.0. The van der Waals surface area contributed by atoms with Crippen molar-refractivity contribution in [1.29, 1.82) is 5.26 Å². The lowest BCUT2D eigenvalue weighted by Gasteiger charge is -2.17. The second kappa shape index (κ2) is 11.4. The Morgan fingerprint density at radius 1 is 1.03 bits per heavy atom. The van der Waals surface area contributed by atoms with Crippen LogP contribution in [0.1, 0.15) is 18.1 Å². The van der Waals surface area contributed by atoms with Crippen LogP contribution in [-0.4, -0.2) is 33.6 Å². The van der Waals surface area contributed by atoms with E-state index in [-0.39, 0.29) is 12.2 Å². The summed E-state index contributed by atoms with van der Waals surface area (Å²) >= 11 is 1.50. The van der Waals surface area contributed by atoms with Gasteiger partial charge in [-0.2, -0.15) is 5.26 Å². The number of hydrogen-bond acceptors (Lipinski definition) is 7. The van der Waals surface area contributed by atoms with Gasteiger partial charge in [0.15, 0.2) is 16.6 Å². The van der Waals surface area contributed by atoms with Gasteiger partial charge in [0.25, 0.3) is 0 Å². The van der Waals surface area contributed by atoms with E-state index in [1.165, 1.54) is 11.8 Å². The number of benzene rings is 3. The van der Waals surface area contributed by atoms with Crippen molar-refractivity contribution in [3.05, 3.63) is 95.6 Å². The molecular formula is C28H25N5O2S. The monoisotopic (exact) mass is 495 g/mol. The van der Waals surface area contributed by atoms with E-state index in [0.717, 1.165) is 22.0 Å². The summed E-state index contributed by atoms with van der Waals surface area (Å²) in [6.45, 7) is 3.91. The van der Waals surface area contributed by atoms with Crippen LogP contribution in [0.25, 0.3) is 22.8 Å². The highest BCUT2D eigenvalue weighted by Crippen LogP contribution is 2.34. The van der Waals surface area contributed by atoms with Crippen molar-refractivity contribution in [2.75, 3.05) is 18.2 Å². The predicted molar refractivity (Wildman–Crippen MR) is 143 cm³/mol. The van der Waals surface area contributed by atoms with Crippen molar-refractivity contribution in [2.45, 2.75) is 19.0 Å². The smallest absolute Gasteiger partial charge is 0.351 e. The van der Waals surface area contributed by atoms with E-state index in [0.29, 0.717) is 22.8 Å². The van der Waals surface area contributed by atoms with Crippen molar-refractivity contribution in [3.63, 3.8) is 0 Å². The lowest BCUT2D eigenvalue weighted by Crippen LogP contribution is -2.13. The summed E-state index contributed by atoms with van der Waals surface area (Å²) in [4.78, 5) is 12.7. The van der Waals surface area contributed by atoms with Gasteiger partial charge in [-0.25, -0.2) is 4.79 Å². The Labute approximate surface area is 214 Å². The maximum atomic E-state index is 12.7. The molecule has 0 fully saturated rings. The summed E-state index contributed by atoms with van der Waals surface area (Å²) in [5.74, 6) is -0.0512. The molecule has 0 radical (unpaired) electrons. The van der Waals surface area contributed by atoms with Crippen LogP contribution >= 0.6 is 11.8 Å². The number of anilines is 1. The molecule has 4 aromatic rings. The number of hydrogen-bond donors (Lipinski definition) is 1. The van der Waals surface area contributed by atoms with Crippen LogP contribution in [-0.2, 0) is 9.53 Å². The first kappa shape index (κ1) is 24.8. The number of aryl methyl sites for hydroxylation is 1. The number of nitriles is 1. The molecule has 0 amide bonds. The van der Waals surface area contributed by atoms with Crippen LogP contribution in [0.4, 0.5) is 5.69 Å². The van der Waals surface area contributed by atoms with Crippen molar-refractivity contribution < 1.29 is 9.53 Å². The zero-order valence-corrected chi connectivity index (χ0v) is 21.0. The van der Waals surface area contributed by atoms with Crippen molar-refractivity contribution in [1.82, 2.24) is 14.8 Å². The first-order chi connectivity index (χ1) is 17.6. The third-order valence-electron chi connectivity index (χ3n) is 5.44. The van der Waals surface area contributed by atoms with Gasteiger partial charge in [0.2, 0.25) is 0 Å². The van der Waals surface area contributed by atoms with Gasteiger partial charge in [0, 0.05) is 16.9 Å². The van der Waals surface area contributed by atoms with Gasteiger partial charge in [-0.3, -0.25) is 4.57 Å². The van der Waals surface area contributed by atoms with E-state index in [1.54, 1.807) is 6.92 Å². The highest BCUT2D eigenvalue weighted by molar-refractivity contribution is 7.98. The van der Waals surface area contributed by atoms with Crippen LogP contribution < -0.4 is 5.32 Å². The minimum Gasteiger partial charge on any atom is -0.462 e. The second-order valence-corrected chi connectivity index (χ2v) is 8.57. The third kappa shape index (κ3) is 5.16. The molecule has 0 bridgehead atoms. The Morgan fingerprint density at radius 2 is 1.72 bits per heavy atom. The molecule has 0 atom stereocenters. The van der Waals surface area contributed by atoms with Gasteiger partial charge in [-0.1, -0.05) is 71.9 Å². The molecule has 4 rings (SSSR count). The fourth-order valence-electron chi connectivity index (χ4n) is 3.72. The van der Waals surface area contributed by atoms with Gasteiger partial charge in [-0.05, 0) is 49.9 Å². The topological polar surface area (TPSA) is 92.8 Å². The highest BCUT2D eigenvalue weighted by Gasteiger charge is 2.22. The number of nitrogens with one attached hydrogen (secondary N) is 1. The normalized spacial score (nSPS) is 11.4. The number of rotatable bonds is 8. The van der Waals surface area contributed by atoms with E-state index in [9.17, 15) is 10.1 Å². The molecule has 1 aromatic heterocycles. The first-order valence-electron chi connectivity index (χ1n) is 11.4. The molecule has 0 aliphatic rings. The summed E-state index contributed by atoms with van der Waals surface area (Å²) in [6.07, 6.45) is 1.96. The minimum absolute atomic E-state index is 0.109. The van der Waals surface area contributed by atoms with E-state index in [2.05, 4.69) is 15.5 Å². The lowest BCUT2D eigenvalue weighted by molar-refractivity contribution is -0.137. The number of carbonyl (C=O) groups is 1. The molecule has 1 heterocycles. The van der Waals surface area contributed by atoms with Crippen molar-refractivity contribution in [3.8, 4) is 23.1 Å². The Bertz CT molecular complexity index is 1440. The van der Waals surface area contributed by atoms with Gasteiger partial charge in [0.1, 0.15) is 6.07 Å². The molecule has 0 saturated carbocycles. The fourth-order valence-corrected chi connectivity index (χ4v) is 4.21. The number of nitrogens with zero attached hydrogens (tertiary/aromatic N) is 4. The van der Waals surface area contributed by atoms with Crippen LogP contribution in [0, 0.1) is 18.3 Å². The average Bonchev–Trinajstić information content (AvgIpc) is 3.34. The van der Waals surface area contributed by atoms with Gasteiger partial charge >= 0.3 is 5.97 Å². The van der Waals surface area contributed by atoms with Crippen molar-refractivity contribution in [2.24, 2.45) is 0 Å². The maximum absolute atomic E-state index is 12.7. The number of esters is 1. The molecule has 0 aliphatic heterocycles. The highest BCUT2D eigenvalue weighted by atomic mass is 32.2. The SMILES string of the molecule is CCOC(=O)/C(C#N)=C(/Nc1ccccc1-c1nnc(SC)n1-c1ccc(C)cc1)c1ccccc1. The molecule has 0 aliphatic carbocycles. The van der Waals surface area contributed by atoms with E-state index in [4.69, 9.17) is 4.74 Å². The number of carbonyl (C=O) groups excluding carboxylic acids is 1. The summed E-state index contributed by atoms with van der Waals surface area (Å²) in [5, 5.41) is 22.9. The second-order valence-electron chi connectivity index (χ2n) is 7.80. The molecule has 8 heteroatoms. The van der Waals surface area contributed by atoms with Crippen molar-refractivity contribution >= 4 is 29.1 Å². The fraction of sp³-hybridized carbons (Fsp3) is 0.143. The Kier molecular flexibility index (Phi) is 7.83. The molecule has 3 aromatic carbocycles. The van der Waals surface area contributed by atoms with Crippen LogP contribution in [0.15, 0.2) is 89.6 Å². The number of aromatic nitrogens is 3. The predicted octanol–water partition coefficient (Wildman–Crippen LogP) is 5.87. The summed E-state index contributed by atoms with van der Waals surface area (Å²) in [7, 11) is 0. The van der Waals surface area contributed by atoms with E-state index >= 15 is 0 Å². The van der Waals surface area contributed by atoms with E-state index < -0.39 is 5.97 Å². The molecule has 0 unspecified atom stereocenters. The Morgan fingerprint density at radius 3 is 2.39 bits per heavy atom. The molecule has 36 heavy (non-hydrogen) atoms. The largest absolute Gasteiger partial charge is 0.462 e. The third-order valence-corrected chi connectivity index (χ3v) is 6.07. The average molecular weight is 496 g/mol. The number of thioether (sulfide) groups is 1. The van der Waals surface area contributed by atoms with Crippen LogP contribution in [0.5, 0.6) is 0 Å². The van der Waals surface area contributed by atoms with E-state index in [1.807, 2.05) is 103 Å².